The first-order valence-corrected chi connectivity index (χ1v) is 7.09. The SMILES string of the molecule is COC(=O)c1nc(N(C)CCc2ccncc2)sc1C. The van der Waals surface area contributed by atoms with Gasteiger partial charge in [-0.2, -0.15) is 0 Å². The van der Waals surface area contributed by atoms with Crippen molar-refractivity contribution < 1.29 is 9.53 Å². The Bertz CT molecular complexity index is 583. The lowest BCUT2D eigenvalue weighted by atomic mass is 10.2. The number of carbonyl (C=O) groups excluding carboxylic acids is 1. The van der Waals surface area contributed by atoms with Crippen LogP contribution in [-0.4, -0.2) is 36.6 Å². The molecule has 5 nitrogen and oxygen atoms in total. The van der Waals surface area contributed by atoms with Crippen LogP contribution >= 0.6 is 11.3 Å². The van der Waals surface area contributed by atoms with Gasteiger partial charge < -0.3 is 9.64 Å². The molecule has 2 aromatic heterocycles. The van der Waals surface area contributed by atoms with Gasteiger partial charge in [-0.15, -0.1) is 11.3 Å². The summed E-state index contributed by atoms with van der Waals surface area (Å²) in [4.78, 5) is 22.8. The van der Waals surface area contributed by atoms with Crippen LogP contribution in [0.25, 0.3) is 0 Å². The molecule has 0 aromatic carbocycles. The smallest absolute Gasteiger partial charge is 0.357 e. The molecule has 6 heteroatoms. The lowest BCUT2D eigenvalue weighted by Crippen LogP contribution is -2.20. The van der Waals surface area contributed by atoms with E-state index in [1.165, 1.54) is 24.0 Å². The first-order chi connectivity index (χ1) is 9.61. The second-order valence-electron chi connectivity index (χ2n) is 4.42. The van der Waals surface area contributed by atoms with Gasteiger partial charge in [0.05, 0.1) is 7.11 Å². The van der Waals surface area contributed by atoms with Crippen molar-refractivity contribution in [1.29, 1.82) is 0 Å². The summed E-state index contributed by atoms with van der Waals surface area (Å²) in [5.74, 6) is -0.382. The van der Waals surface area contributed by atoms with Gasteiger partial charge in [-0.3, -0.25) is 4.98 Å². The minimum Gasteiger partial charge on any atom is -0.464 e. The van der Waals surface area contributed by atoms with E-state index < -0.39 is 0 Å². The lowest BCUT2D eigenvalue weighted by Gasteiger charge is -2.15. The van der Waals surface area contributed by atoms with E-state index in [9.17, 15) is 4.79 Å². The summed E-state index contributed by atoms with van der Waals surface area (Å²) in [6.07, 6.45) is 4.49. The maximum absolute atomic E-state index is 11.5. The number of anilines is 1. The fraction of sp³-hybridized carbons (Fsp3) is 0.357. The molecular weight excluding hydrogens is 274 g/mol. The van der Waals surface area contributed by atoms with E-state index in [0.29, 0.717) is 5.69 Å². The fourth-order valence-electron chi connectivity index (χ4n) is 1.77. The molecule has 106 valence electrons. The first-order valence-electron chi connectivity index (χ1n) is 6.27. The molecule has 2 aromatic rings. The molecule has 0 atom stereocenters. The van der Waals surface area contributed by atoms with Gasteiger partial charge in [-0.05, 0) is 31.0 Å². The molecule has 20 heavy (non-hydrogen) atoms. The fourth-order valence-corrected chi connectivity index (χ4v) is 2.66. The van der Waals surface area contributed by atoms with Gasteiger partial charge in [0.1, 0.15) is 0 Å². The predicted octanol–water partition coefficient (Wildman–Crippen LogP) is 2.31. The molecule has 0 fully saturated rings. The van der Waals surface area contributed by atoms with Crippen molar-refractivity contribution in [1.82, 2.24) is 9.97 Å². The summed E-state index contributed by atoms with van der Waals surface area (Å²) in [6.45, 7) is 2.71. The summed E-state index contributed by atoms with van der Waals surface area (Å²) >= 11 is 1.50. The van der Waals surface area contributed by atoms with Gasteiger partial charge >= 0.3 is 5.97 Å². The predicted molar refractivity (Wildman–Crippen MR) is 79.4 cm³/mol. The topological polar surface area (TPSA) is 55.3 Å². The van der Waals surface area contributed by atoms with E-state index in [-0.39, 0.29) is 5.97 Å². The molecule has 0 aliphatic heterocycles. The molecule has 0 unspecified atom stereocenters. The van der Waals surface area contributed by atoms with Crippen molar-refractivity contribution in [2.45, 2.75) is 13.3 Å². The number of methoxy groups -OCH3 is 1. The molecule has 0 bridgehead atoms. The third-order valence-corrected chi connectivity index (χ3v) is 4.06. The van der Waals surface area contributed by atoms with E-state index >= 15 is 0 Å². The van der Waals surface area contributed by atoms with Gasteiger partial charge in [0.2, 0.25) is 0 Å². The number of pyridine rings is 1. The highest BCUT2D eigenvalue weighted by molar-refractivity contribution is 7.15. The van der Waals surface area contributed by atoms with E-state index in [4.69, 9.17) is 4.74 Å². The van der Waals surface area contributed by atoms with E-state index in [0.717, 1.165) is 23.0 Å². The van der Waals surface area contributed by atoms with Crippen LogP contribution in [-0.2, 0) is 11.2 Å². The molecule has 0 radical (unpaired) electrons. The highest BCUT2D eigenvalue weighted by Gasteiger charge is 2.17. The monoisotopic (exact) mass is 291 g/mol. The molecule has 2 heterocycles. The third kappa shape index (κ3) is 3.33. The second-order valence-corrected chi connectivity index (χ2v) is 5.60. The Morgan fingerprint density at radius 2 is 2.10 bits per heavy atom. The Kier molecular flexibility index (Phi) is 4.68. The number of nitrogens with zero attached hydrogens (tertiary/aromatic N) is 3. The Morgan fingerprint density at radius 3 is 2.75 bits per heavy atom. The number of rotatable bonds is 5. The summed E-state index contributed by atoms with van der Waals surface area (Å²) in [5, 5.41) is 0.831. The Morgan fingerprint density at radius 1 is 1.40 bits per heavy atom. The number of likely N-dealkylation sites (N-methyl/N-ethyl adjacent to an activating group) is 1. The maximum Gasteiger partial charge on any atom is 0.357 e. The Labute approximate surface area is 122 Å². The van der Waals surface area contributed by atoms with Crippen LogP contribution in [0, 0.1) is 6.92 Å². The quantitative estimate of drug-likeness (QED) is 0.791. The molecule has 0 amide bonds. The molecular formula is C14H17N3O2S. The third-order valence-electron chi connectivity index (χ3n) is 2.98. The first kappa shape index (κ1) is 14.5. The number of aryl methyl sites for hydroxylation is 1. The number of carbonyl (C=O) groups is 1. The molecule has 0 saturated heterocycles. The van der Waals surface area contributed by atoms with E-state index in [1.54, 1.807) is 12.4 Å². The zero-order valence-corrected chi connectivity index (χ0v) is 12.6. The summed E-state index contributed by atoms with van der Waals surface area (Å²) < 4.78 is 4.72. The molecule has 0 saturated carbocycles. The molecule has 0 aliphatic carbocycles. The summed E-state index contributed by atoms with van der Waals surface area (Å²) in [7, 11) is 3.34. The van der Waals surface area contributed by atoms with E-state index in [2.05, 4.69) is 9.97 Å². The number of hydrogen-bond donors (Lipinski definition) is 0. The largest absolute Gasteiger partial charge is 0.464 e. The minimum atomic E-state index is -0.382. The number of ether oxygens (including phenoxy) is 1. The zero-order chi connectivity index (χ0) is 14.5. The number of esters is 1. The van der Waals surface area contributed by atoms with Gasteiger partial charge in [0.25, 0.3) is 0 Å². The zero-order valence-electron chi connectivity index (χ0n) is 11.8. The van der Waals surface area contributed by atoms with Crippen molar-refractivity contribution >= 4 is 22.4 Å². The standard InChI is InChI=1S/C14H17N3O2S/c1-10-12(13(18)19-3)16-14(20-10)17(2)9-6-11-4-7-15-8-5-11/h4-5,7-8H,6,9H2,1-3H3. The van der Waals surface area contributed by atoms with Gasteiger partial charge in [0.15, 0.2) is 10.8 Å². The highest BCUT2D eigenvalue weighted by Crippen LogP contribution is 2.25. The van der Waals surface area contributed by atoms with Crippen molar-refractivity contribution in [2.24, 2.45) is 0 Å². The summed E-state index contributed by atoms with van der Waals surface area (Å²) in [5.41, 5.74) is 1.64. The van der Waals surface area contributed by atoms with Crippen molar-refractivity contribution in [2.75, 3.05) is 25.6 Å². The van der Waals surface area contributed by atoms with Crippen LogP contribution in [0.5, 0.6) is 0 Å². The number of hydrogen-bond acceptors (Lipinski definition) is 6. The van der Waals surface area contributed by atoms with E-state index in [1.807, 2.05) is 31.0 Å². The van der Waals surface area contributed by atoms with Crippen LogP contribution in [0.4, 0.5) is 5.13 Å². The highest BCUT2D eigenvalue weighted by atomic mass is 32.1. The minimum absolute atomic E-state index is 0.382. The maximum atomic E-state index is 11.5. The van der Waals surface area contributed by atoms with Crippen LogP contribution in [0.2, 0.25) is 0 Å². The average molecular weight is 291 g/mol. The molecule has 0 aliphatic rings. The Balaban J connectivity index is 2.02. The van der Waals surface area contributed by atoms with Crippen LogP contribution in [0.15, 0.2) is 24.5 Å². The normalized spacial score (nSPS) is 10.3. The molecule has 0 spiro atoms. The van der Waals surface area contributed by atoms with Gasteiger partial charge in [-0.25, -0.2) is 9.78 Å². The number of aromatic nitrogens is 2. The average Bonchev–Trinajstić information content (AvgIpc) is 2.87. The van der Waals surface area contributed by atoms with Crippen LogP contribution in [0.3, 0.4) is 0 Å². The Hall–Kier alpha value is -1.95. The summed E-state index contributed by atoms with van der Waals surface area (Å²) in [6, 6.07) is 4.00. The van der Waals surface area contributed by atoms with Gasteiger partial charge in [-0.1, -0.05) is 0 Å². The van der Waals surface area contributed by atoms with Gasteiger partial charge in [0, 0.05) is 30.9 Å². The van der Waals surface area contributed by atoms with Crippen LogP contribution in [0.1, 0.15) is 20.9 Å². The lowest BCUT2D eigenvalue weighted by molar-refractivity contribution is 0.0594. The van der Waals surface area contributed by atoms with Crippen molar-refractivity contribution in [3.05, 3.63) is 40.7 Å². The van der Waals surface area contributed by atoms with Crippen molar-refractivity contribution in [3.8, 4) is 0 Å². The molecule has 2 rings (SSSR count). The second kappa shape index (κ2) is 6.47. The molecule has 0 N–H and O–H groups in total. The number of thiazole rings is 1. The van der Waals surface area contributed by atoms with Crippen LogP contribution < -0.4 is 4.90 Å². The van der Waals surface area contributed by atoms with Crippen molar-refractivity contribution in [3.63, 3.8) is 0 Å².